The minimum Gasteiger partial charge on any atom is -0.369 e. The van der Waals surface area contributed by atoms with E-state index in [9.17, 15) is 17.6 Å². The fraction of sp³-hybridized carbons (Fsp3) is 0.0714. The molecule has 0 atom stereocenters. The lowest BCUT2D eigenvalue weighted by molar-refractivity contribution is -0.115. The van der Waals surface area contributed by atoms with Crippen LogP contribution in [-0.2, 0) is 14.8 Å². The van der Waals surface area contributed by atoms with Gasteiger partial charge in [-0.25, -0.2) is 12.8 Å². The van der Waals surface area contributed by atoms with Gasteiger partial charge in [-0.3, -0.25) is 9.52 Å². The fourth-order valence-electron chi connectivity index (χ4n) is 1.66. The van der Waals surface area contributed by atoms with E-state index in [1.54, 1.807) is 24.3 Å². The molecule has 0 aliphatic carbocycles. The number of benzene rings is 2. The molecule has 1 amide bonds. The van der Waals surface area contributed by atoms with Gasteiger partial charge in [0.2, 0.25) is 5.91 Å². The summed E-state index contributed by atoms with van der Waals surface area (Å²) in [6, 6.07) is 11.3. The Morgan fingerprint density at radius 1 is 1.18 bits per heavy atom. The number of thioether (sulfide) groups is 1. The average Bonchev–Trinajstić information content (AvgIpc) is 2.46. The number of carbonyl (C=O) groups is 1. The van der Waals surface area contributed by atoms with Crippen molar-refractivity contribution in [2.45, 2.75) is 9.79 Å². The second-order valence-corrected chi connectivity index (χ2v) is 7.01. The van der Waals surface area contributed by atoms with Gasteiger partial charge in [-0.1, -0.05) is 18.2 Å². The molecule has 0 saturated heterocycles. The third-order valence-electron chi connectivity index (χ3n) is 2.61. The van der Waals surface area contributed by atoms with Crippen LogP contribution in [0.15, 0.2) is 58.3 Å². The van der Waals surface area contributed by atoms with Gasteiger partial charge in [0.1, 0.15) is 5.82 Å². The van der Waals surface area contributed by atoms with Gasteiger partial charge in [-0.05, 0) is 30.3 Å². The Kier molecular flexibility index (Phi) is 5.04. The van der Waals surface area contributed by atoms with Crippen molar-refractivity contribution in [1.29, 1.82) is 0 Å². The lowest BCUT2D eigenvalue weighted by atomic mass is 10.3. The summed E-state index contributed by atoms with van der Waals surface area (Å²) >= 11 is 1.12. The molecule has 116 valence electrons. The highest BCUT2D eigenvalue weighted by Gasteiger charge is 2.16. The molecule has 22 heavy (non-hydrogen) atoms. The summed E-state index contributed by atoms with van der Waals surface area (Å²) in [5.74, 6) is -1.12. The number of carbonyl (C=O) groups excluding carboxylic acids is 1. The van der Waals surface area contributed by atoms with Crippen molar-refractivity contribution in [3.63, 3.8) is 0 Å². The summed E-state index contributed by atoms with van der Waals surface area (Å²) in [4.78, 5) is 11.2. The molecule has 0 heterocycles. The number of sulfonamides is 1. The van der Waals surface area contributed by atoms with E-state index in [0.29, 0.717) is 10.6 Å². The third-order valence-corrected chi connectivity index (χ3v) is 5.07. The first-order valence-electron chi connectivity index (χ1n) is 6.17. The minimum absolute atomic E-state index is 0.0265. The number of rotatable bonds is 6. The van der Waals surface area contributed by atoms with E-state index in [4.69, 9.17) is 5.73 Å². The molecule has 2 aromatic rings. The maximum Gasteiger partial charge on any atom is 0.262 e. The zero-order chi connectivity index (χ0) is 16.2. The van der Waals surface area contributed by atoms with Crippen LogP contribution in [-0.4, -0.2) is 20.1 Å². The number of amides is 1. The van der Waals surface area contributed by atoms with E-state index >= 15 is 0 Å². The molecule has 0 spiro atoms. The molecule has 0 aromatic heterocycles. The normalized spacial score (nSPS) is 11.1. The van der Waals surface area contributed by atoms with Crippen LogP contribution in [0.25, 0.3) is 0 Å². The van der Waals surface area contributed by atoms with Crippen molar-refractivity contribution >= 4 is 33.4 Å². The number of nitrogens with one attached hydrogen (secondary N) is 1. The number of nitrogens with two attached hydrogens (primary N) is 1. The third kappa shape index (κ3) is 4.22. The van der Waals surface area contributed by atoms with Crippen molar-refractivity contribution < 1.29 is 17.6 Å². The molecular formula is C14H13FN2O3S2. The van der Waals surface area contributed by atoms with Crippen molar-refractivity contribution in [3.8, 4) is 0 Å². The van der Waals surface area contributed by atoms with Crippen LogP contribution >= 0.6 is 11.8 Å². The molecule has 2 aromatic carbocycles. The highest BCUT2D eigenvalue weighted by molar-refractivity contribution is 8.00. The van der Waals surface area contributed by atoms with Crippen LogP contribution in [0, 0.1) is 5.82 Å². The Bertz CT molecular complexity index is 794. The molecule has 0 bridgehead atoms. The molecule has 0 fully saturated rings. The zero-order valence-electron chi connectivity index (χ0n) is 11.3. The standard InChI is InChI=1S/C14H13FN2O3S2/c15-10-4-3-5-11(8-10)22(19,20)17-12-6-1-2-7-13(12)21-9-14(16)18/h1-8,17H,9H2,(H2,16,18). The molecule has 5 nitrogen and oxygen atoms in total. The summed E-state index contributed by atoms with van der Waals surface area (Å²) in [5, 5.41) is 0. The number of para-hydroxylation sites is 1. The lowest BCUT2D eigenvalue weighted by Gasteiger charge is -2.12. The fourth-order valence-corrected chi connectivity index (χ4v) is 3.59. The number of primary amides is 1. The molecule has 0 aliphatic rings. The van der Waals surface area contributed by atoms with E-state index in [1.165, 1.54) is 12.1 Å². The topological polar surface area (TPSA) is 89.3 Å². The van der Waals surface area contributed by atoms with Gasteiger partial charge in [-0.15, -0.1) is 11.8 Å². The Labute approximate surface area is 131 Å². The van der Waals surface area contributed by atoms with Crippen LogP contribution in [0.5, 0.6) is 0 Å². The highest BCUT2D eigenvalue weighted by atomic mass is 32.2. The van der Waals surface area contributed by atoms with E-state index in [2.05, 4.69) is 4.72 Å². The Morgan fingerprint density at radius 2 is 1.91 bits per heavy atom. The molecule has 0 radical (unpaired) electrons. The zero-order valence-corrected chi connectivity index (χ0v) is 13.0. The molecule has 3 N–H and O–H groups in total. The van der Waals surface area contributed by atoms with E-state index in [1.807, 2.05) is 0 Å². The largest absolute Gasteiger partial charge is 0.369 e. The average molecular weight is 340 g/mol. The van der Waals surface area contributed by atoms with Gasteiger partial charge >= 0.3 is 0 Å². The first-order valence-corrected chi connectivity index (χ1v) is 8.64. The van der Waals surface area contributed by atoms with Gasteiger partial charge in [-0.2, -0.15) is 0 Å². The van der Waals surface area contributed by atoms with Gasteiger partial charge in [0.25, 0.3) is 10.0 Å². The second-order valence-electron chi connectivity index (χ2n) is 4.31. The molecule has 8 heteroatoms. The number of anilines is 1. The second kappa shape index (κ2) is 6.80. The summed E-state index contributed by atoms with van der Waals surface area (Å²) < 4.78 is 40.1. The highest BCUT2D eigenvalue weighted by Crippen LogP contribution is 2.28. The number of hydrogen-bond donors (Lipinski definition) is 2. The Hall–Kier alpha value is -2.06. The number of hydrogen-bond acceptors (Lipinski definition) is 4. The first kappa shape index (κ1) is 16.3. The maximum absolute atomic E-state index is 13.2. The summed E-state index contributed by atoms with van der Waals surface area (Å²) in [6.45, 7) is 0. The van der Waals surface area contributed by atoms with Gasteiger partial charge in [0.15, 0.2) is 0 Å². The molecule has 0 unspecified atom stereocenters. The van der Waals surface area contributed by atoms with Crippen molar-refractivity contribution in [2.75, 3.05) is 10.5 Å². The Morgan fingerprint density at radius 3 is 2.59 bits per heavy atom. The molecule has 0 saturated carbocycles. The SMILES string of the molecule is NC(=O)CSc1ccccc1NS(=O)(=O)c1cccc(F)c1. The van der Waals surface area contributed by atoms with E-state index in [-0.39, 0.29) is 10.6 Å². The molecular weight excluding hydrogens is 327 g/mol. The van der Waals surface area contributed by atoms with Crippen LogP contribution in [0.2, 0.25) is 0 Å². The summed E-state index contributed by atoms with van der Waals surface area (Å²) in [7, 11) is -3.92. The molecule has 0 aliphatic heterocycles. The minimum atomic E-state index is -3.92. The van der Waals surface area contributed by atoms with E-state index in [0.717, 1.165) is 23.9 Å². The van der Waals surface area contributed by atoms with Crippen LogP contribution < -0.4 is 10.5 Å². The number of halogens is 1. The van der Waals surface area contributed by atoms with Crippen LogP contribution in [0.3, 0.4) is 0 Å². The predicted molar refractivity (Wildman–Crippen MR) is 83.6 cm³/mol. The van der Waals surface area contributed by atoms with Crippen molar-refractivity contribution in [1.82, 2.24) is 0 Å². The first-order chi connectivity index (χ1) is 10.4. The lowest BCUT2D eigenvalue weighted by Crippen LogP contribution is -2.15. The van der Waals surface area contributed by atoms with E-state index < -0.39 is 21.7 Å². The van der Waals surface area contributed by atoms with Crippen molar-refractivity contribution in [3.05, 3.63) is 54.3 Å². The predicted octanol–water partition coefficient (Wildman–Crippen LogP) is 2.20. The summed E-state index contributed by atoms with van der Waals surface area (Å²) in [6.07, 6.45) is 0. The van der Waals surface area contributed by atoms with Gasteiger partial charge in [0.05, 0.1) is 16.3 Å². The maximum atomic E-state index is 13.2. The smallest absolute Gasteiger partial charge is 0.262 e. The van der Waals surface area contributed by atoms with Gasteiger partial charge in [0, 0.05) is 4.90 Å². The quantitative estimate of drug-likeness (QED) is 0.789. The van der Waals surface area contributed by atoms with Crippen LogP contribution in [0.4, 0.5) is 10.1 Å². The summed E-state index contributed by atoms with van der Waals surface area (Å²) in [5.41, 5.74) is 5.39. The van der Waals surface area contributed by atoms with Gasteiger partial charge < -0.3 is 5.73 Å². The van der Waals surface area contributed by atoms with Crippen LogP contribution in [0.1, 0.15) is 0 Å². The monoisotopic (exact) mass is 340 g/mol. The Balaban J connectivity index is 2.28. The molecule has 2 rings (SSSR count). The van der Waals surface area contributed by atoms with Crippen molar-refractivity contribution in [2.24, 2.45) is 5.73 Å².